The molecular formula is C32H39ClN2O4S. The molecule has 214 valence electrons. The molecule has 2 N–H and O–H groups in total. The highest BCUT2D eigenvalue weighted by Crippen LogP contribution is 2.46. The highest BCUT2D eigenvalue weighted by Gasteiger charge is 2.44. The number of hydrogen-bond donors (Lipinski definition) is 2. The summed E-state index contributed by atoms with van der Waals surface area (Å²) in [6.45, 7) is 3.91. The lowest BCUT2D eigenvalue weighted by Crippen LogP contribution is -2.49. The SMILES string of the molecule is C=S1(=O)NC(=O)c2ccc3c(c2)N(C[C@@H]2CC[C@H]2[C@@H](O)/C=C/CC[C@@H]1C)C[C@@]1(CCCc2cc(Cl)ccc21)CO3. The second-order valence-electron chi connectivity index (χ2n) is 12.3. The number of amides is 1. The van der Waals surface area contributed by atoms with E-state index in [0.29, 0.717) is 30.9 Å². The predicted molar refractivity (Wildman–Crippen MR) is 163 cm³/mol. The number of anilines is 1. The Balaban J connectivity index is 1.42. The molecule has 2 bridgehead atoms. The lowest BCUT2D eigenvalue weighted by atomic mass is 9.68. The highest BCUT2D eigenvalue weighted by molar-refractivity contribution is 7.99. The van der Waals surface area contributed by atoms with Crippen molar-refractivity contribution in [2.75, 3.05) is 24.6 Å². The number of rotatable bonds is 0. The van der Waals surface area contributed by atoms with Gasteiger partial charge in [-0.05, 0) is 111 Å². The first-order valence-corrected chi connectivity index (χ1v) is 16.7. The van der Waals surface area contributed by atoms with E-state index in [1.54, 1.807) is 6.07 Å². The van der Waals surface area contributed by atoms with Gasteiger partial charge in [0.15, 0.2) is 0 Å². The van der Waals surface area contributed by atoms with Gasteiger partial charge in [-0.1, -0.05) is 29.8 Å². The summed E-state index contributed by atoms with van der Waals surface area (Å²) < 4.78 is 22.6. The van der Waals surface area contributed by atoms with Crippen LogP contribution < -0.4 is 14.4 Å². The molecule has 1 saturated carbocycles. The van der Waals surface area contributed by atoms with Crippen molar-refractivity contribution in [1.29, 1.82) is 0 Å². The van der Waals surface area contributed by atoms with Crippen LogP contribution in [0.3, 0.4) is 0 Å². The van der Waals surface area contributed by atoms with Gasteiger partial charge in [0.1, 0.15) is 5.75 Å². The monoisotopic (exact) mass is 582 g/mol. The van der Waals surface area contributed by atoms with Crippen LogP contribution in [0, 0.1) is 11.8 Å². The first-order chi connectivity index (χ1) is 19.1. The number of halogens is 1. The maximum absolute atomic E-state index is 13.4. The third kappa shape index (κ3) is 5.17. The average molecular weight is 583 g/mol. The van der Waals surface area contributed by atoms with E-state index in [1.807, 2.05) is 37.3 Å². The van der Waals surface area contributed by atoms with Crippen LogP contribution in [0.15, 0.2) is 48.6 Å². The lowest BCUT2D eigenvalue weighted by molar-refractivity contribution is 0.0456. The molecule has 1 fully saturated rings. The van der Waals surface area contributed by atoms with Gasteiger partial charge in [0, 0.05) is 34.3 Å². The molecule has 2 heterocycles. The van der Waals surface area contributed by atoms with E-state index in [2.05, 4.69) is 27.6 Å². The van der Waals surface area contributed by atoms with Crippen molar-refractivity contribution in [3.05, 3.63) is 70.3 Å². The van der Waals surface area contributed by atoms with Crippen LogP contribution in [0.5, 0.6) is 5.75 Å². The lowest BCUT2D eigenvalue weighted by Gasteiger charge is -2.45. The largest absolute Gasteiger partial charge is 0.490 e. The van der Waals surface area contributed by atoms with Gasteiger partial charge in [0.05, 0.1) is 28.1 Å². The molecule has 2 aliphatic carbocycles. The van der Waals surface area contributed by atoms with Gasteiger partial charge in [-0.3, -0.25) is 9.52 Å². The van der Waals surface area contributed by atoms with Crippen LogP contribution in [-0.2, 0) is 21.5 Å². The summed E-state index contributed by atoms with van der Waals surface area (Å²) in [5.41, 5.74) is 3.68. The summed E-state index contributed by atoms with van der Waals surface area (Å²) >= 11 is 6.39. The van der Waals surface area contributed by atoms with E-state index < -0.39 is 15.8 Å². The zero-order chi connectivity index (χ0) is 28.1. The number of fused-ring (bicyclic) bond motifs is 4. The predicted octanol–water partition coefficient (Wildman–Crippen LogP) is 5.30. The Kier molecular flexibility index (Phi) is 7.43. The fourth-order valence-corrected chi connectivity index (χ4v) is 8.37. The third-order valence-electron chi connectivity index (χ3n) is 9.66. The van der Waals surface area contributed by atoms with Crippen LogP contribution in [0.25, 0.3) is 0 Å². The van der Waals surface area contributed by atoms with Gasteiger partial charge >= 0.3 is 0 Å². The van der Waals surface area contributed by atoms with Gasteiger partial charge in [0.2, 0.25) is 0 Å². The van der Waals surface area contributed by atoms with Crippen LogP contribution in [-0.4, -0.2) is 52.1 Å². The molecule has 1 unspecified atom stereocenters. The van der Waals surface area contributed by atoms with Crippen LogP contribution >= 0.6 is 11.6 Å². The molecule has 2 aromatic carbocycles. The standard InChI is InChI=1S/C32H39ClN2O4S/c1-21-6-3-4-8-29(36)26-12-9-24(26)18-35-19-32(15-5-7-22-16-25(33)11-13-27(22)32)20-39-30-14-10-23(17-28(30)35)31(37)34-40(21,2)38/h4,8,10-11,13-14,16-17,21,24,26,29,36H,2-3,5-7,9,12,15,18-20H2,1H3,(H,34,37,38)/b8-4+/t21-,24-,26+,29-,32-,40?/m0/s1. The molecule has 6 nitrogen and oxygen atoms in total. The topological polar surface area (TPSA) is 78.9 Å². The molecule has 2 aliphatic heterocycles. The third-order valence-corrected chi connectivity index (χ3v) is 12.0. The van der Waals surface area contributed by atoms with E-state index in [4.69, 9.17) is 16.3 Å². The normalized spacial score (nSPS) is 34.9. The number of benzene rings is 2. The molecule has 8 heteroatoms. The number of aliphatic hydroxyl groups is 1. The maximum atomic E-state index is 13.4. The minimum atomic E-state index is -2.86. The van der Waals surface area contributed by atoms with Gasteiger partial charge in [-0.25, -0.2) is 4.21 Å². The molecule has 2 aromatic rings. The molecule has 40 heavy (non-hydrogen) atoms. The summed E-state index contributed by atoms with van der Waals surface area (Å²) in [5.74, 6) is 4.77. The van der Waals surface area contributed by atoms with Crippen molar-refractivity contribution in [2.24, 2.45) is 11.8 Å². The molecule has 0 aromatic heterocycles. The molecule has 4 aliphatic rings. The average Bonchev–Trinajstić information content (AvgIpc) is 3.05. The Bertz CT molecular complexity index is 1440. The summed E-state index contributed by atoms with van der Waals surface area (Å²) in [7, 11) is -2.86. The number of aryl methyl sites for hydroxylation is 1. The first kappa shape index (κ1) is 27.7. The summed E-state index contributed by atoms with van der Waals surface area (Å²) in [4.78, 5) is 15.7. The van der Waals surface area contributed by atoms with Gasteiger partial charge < -0.3 is 14.7 Å². The first-order valence-electron chi connectivity index (χ1n) is 14.5. The Morgan fingerprint density at radius 3 is 2.85 bits per heavy atom. The summed E-state index contributed by atoms with van der Waals surface area (Å²) in [6, 6.07) is 11.7. The van der Waals surface area contributed by atoms with Crippen molar-refractivity contribution in [3.63, 3.8) is 0 Å². The molecule has 6 atom stereocenters. The van der Waals surface area contributed by atoms with E-state index in [-0.39, 0.29) is 22.5 Å². The van der Waals surface area contributed by atoms with E-state index >= 15 is 0 Å². The van der Waals surface area contributed by atoms with E-state index in [0.717, 1.165) is 61.7 Å². The summed E-state index contributed by atoms with van der Waals surface area (Å²) in [5, 5.41) is 11.5. The molecule has 6 rings (SSSR count). The van der Waals surface area contributed by atoms with Crippen molar-refractivity contribution >= 4 is 38.8 Å². The van der Waals surface area contributed by atoms with Gasteiger partial charge in [-0.15, -0.1) is 0 Å². The quantitative estimate of drug-likeness (QED) is 0.326. The fraction of sp³-hybridized carbons (Fsp3) is 0.500. The Morgan fingerprint density at radius 1 is 1.20 bits per heavy atom. The molecular weight excluding hydrogens is 544 g/mol. The zero-order valence-electron chi connectivity index (χ0n) is 23.1. The molecule has 0 saturated heterocycles. The molecule has 1 spiro atoms. The van der Waals surface area contributed by atoms with Gasteiger partial charge in [0.25, 0.3) is 5.91 Å². The minimum absolute atomic E-state index is 0.186. The van der Waals surface area contributed by atoms with Crippen LogP contribution in [0.4, 0.5) is 5.69 Å². The second kappa shape index (κ2) is 10.7. The van der Waals surface area contributed by atoms with Crippen molar-refractivity contribution < 1.29 is 18.8 Å². The number of ether oxygens (including phenoxy) is 1. The number of allylic oxidation sites excluding steroid dienone is 1. The number of aliphatic hydroxyl groups excluding tert-OH is 1. The number of nitrogens with one attached hydrogen (secondary N) is 1. The smallest absolute Gasteiger partial charge is 0.262 e. The Labute approximate surface area is 242 Å². The Hall–Kier alpha value is -2.48. The number of carbonyl (C=O) groups excluding carboxylic acids is 1. The fourth-order valence-electron chi connectivity index (χ4n) is 7.03. The number of hydrogen-bond acceptors (Lipinski definition) is 5. The summed E-state index contributed by atoms with van der Waals surface area (Å²) in [6.07, 6.45) is 9.77. The Morgan fingerprint density at radius 2 is 2.05 bits per heavy atom. The number of nitrogens with zero attached hydrogens (tertiary/aromatic N) is 1. The van der Waals surface area contributed by atoms with Crippen molar-refractivity contribution in [3.8, 4) is 5.75 Å². The van der Waals surface area contributed by atoms with Crippen LogP contribution in [0.1, 0.15) is 66.9 Å². The maximum Gasteiger partial charge on any atom is 0.262 e. The molecule has 0 radical (unpaired) electrons. The van der Waals surface area contributed by atoms with Gasteiger partial charge in [-0.2, -0.15) is 0 Å². The molecule has 1 amide bonds. The minimum Gasteiger partial charge on any atom is -0.490 e. The van der Waals surface area contributed by atoms with Crippen molar-refractivity contribution in [2.45, 2.75) is 68.6 Å². The highest BCUT2D eigenvalue weighted by atomic mass is 35.5. The van der Waals surface area contributed by atoms with Crippen molar-refractivity contribution in [1.82, 2.24) is 4.72 Å². The van der Waals surface area contributed by atoms with E-state index in [9.17, 15) is 14.1 Å². The second-order valence-corrected chi connectivity index (χ2v) is 15.2. The van der Waals surface area contributed by atoms with Crippen LogP contribution in [0.2, 0.25) is 5.02 Å². The zero-order valence-corrected chi connectivity index (χ0v) is 24.7. The van der Waals surface area contributed by atoms with E-state index in [1.165, 1.54) is 11.1 Å². The number of carbonyl (C=O) groups is 1.